The lowest BCUT2D eigenvalue weighted by Crippen LogP contribution is -3.13. The van der Waals surface area contributed by atoms with Crippen molar-refractivity contribution in [1.29, 1.82) is 0 Å². The van der Waals surface area contributed by atoms with Gasteiger partial charge in [0.15, 0.2) is 6.10 Å². The van der Waals surface area contributed by atoms with Crippen LogP contribution in [0, 0.1) is 10.1 Å². The molecule has 1 amide bonds. The number of quaternary nitrogens is 1. The fraction of sp³-hybridized carbons (Fsp3) is 0.350. The van der Waals surface area contributed by atoms with Crippen molar-refractivity contribution in [3.8, 4) is 5.75 Å². The van der Waals surface area contributed by atoms with E-state index in [0.717, 1.165) is 19.6 Å². The van der Waals surface area contributed by atoms with Crippen LogP contribution in [-0.4, -0.2) is 48.0 Å². The SMILES string of the molecule is C[C@@H](Oc1ccc([N+](=O)[O-])cc1)C(=O)N1CC[NH+](Cc2ccccc2)CC1. The topological polar surface area (TPSA) is 77.1 Å². The third kappa shape index (κ3) is 5.04. The molecule has 1 atom stereocenters. The minimum Gasteiger partial charge on any atom is -0.481 e. The maximum absolute atomic E-state index is 12.6. The maximum Gasteiger partial charge on any atom is 0.269 e. The number of nitro benzene ring substituents is 1. The van der Waals surface area contributed by atoms with Gasteiger partial charge in [0.25, 0.3) is 11.6 Å². The number of carbonyl (C=O) groups excluding carboxylic acids is 1. The van der Waals surface area contributed by atoms with Gasteiger partial charge in [0.05, 0.1) is 31.1 Å². The molecule has 0 spiro atoms. The van der Waals surface area contributed by atoms with Crippen LogP contribution in [0.1, 0.15) is 12.5 Å². The number of nitrogens with one attached hydrogen (secondary N) is 1. The first-order valence-electron chi connectivity index (χ1n) is 9.10. The van der Waals surface area contributed by atoms with E-state index in [1.54, 1.807) is 6.92 Å². The van der Waals surface area contributed by atoms with Crippen LogP contribution >= 0.6 is 0 Å². The highest BCUT2D eigenvalue weighted by Crippen LogP contribution is 2.18. The average molecular weight is 370 g/mol. The molecule has 7 nitrogen and oxygen atoms in total. The summed E-state index contributed by atoms with van der Waals surface area (Å²) in [6.45, 7) is 5.91. The summed E-state index contributed by atoms with van der Waals surface area (Å²) < 4.78 is 5.67. The Morgan fingerprint density at radius 1 is 1.15 bits per heavy atom. The summed E-state index contributed by atoms with van der Waals surface area (Å²) in [4.78, 5) is 26.2. The zero-order chi connectivity index (χ0) is 19.2. The molecule has 0 unspecified atom stereocenters. The molecule has 142 valence electrons. The molecule has 0 aromatic heterocycles. The van der Waals surface area contributed by atoms with E-state index in [0.29, 0.717) is 18.8 Å². The second-order valence-corrected chi connectivity index (χ2v) is 6.75. The van der Waals surface area contributed by atoms with Gasteiger partial charge in [-0.05, 0) is 19.1 Å². The standard InChI is InChI=1S/C20H23N3O4/c1-16(27-19-9-7-18(8-10-19)23(25)26)20(24)22-13-11-21(12-14-22)15-17-5-3-2-4-6-17/h2-10,16H,11-15H2,1H3/p+1/t16-/m1/s1. The molecule has 1 aliphatic rings. The molecule has 7 heteroatoms. The van der Waals surface area contributed by atoms with Crippen molar-refractivity contribution in [2.75, 3.05) is 26.2 Å². The van der Waals surface area contributed by atoms with Crippen LogP contribution in [-0.2, 0) is 11.3 Å². The van der Waals surface area contributed by atoms with Crippen LogP contribution in [0.3, 0.4) is 0 Å². The smallest absolute Gasteiger partial charge is 0.269 e. The molecule has 2 aromatic carbocycles. The Morgan fingerprint density at radius 2 is 1.78 bits per heavy atom. The van der Waals surface area contributed by atoms with Gasteiger partial charge in [0.2, 0.25) is 0 Å². The second-order valence-electron chi connectivity index (χ2n) is 6.75. The van der Waals surface area contributed by atoms with E-state index in [1.165, 1.54) is 34.7 Å². The molecule has 1 heterocycles. The number of hydrogen-bond acceptors (Lipinski definition) is 4. The number of amides is 1. The Kier molecular flexibility index (Phi) is 6.03. The summed E-state index contributed by atoms with van der Waals surface area (Å²) in [5, 5.41) is 10.7. The highest BCUT2D eigenvalue weighted by atomic mass is 16.6. The molecule has 3 rings (SSSR count). The summed E-state index contributed by atoms with van der Waals surface area (Å²) in [5.74, 6) is 0.405. The minimum atomic E-state index is -0.623. The fourth-order valence-electron chi connectivity index (χ4n) is 3.26. The molecular formula is C20H24N3O4+. The van der Waals surface area contributed by atoms with Crippen LogP contribution in [0.2, 0.25) is 0 Å². The van der Waals surface area contributed by atoms with Gasteiger partial charge in [-0.3, -0.25) is 14.9 Å². The zero-order valence-electron chi connectivity index (χ0n) is 15.3. The zero-order valence-corrected chi connectivity index (χ0v) is 15.3. The van der Waals surface area contributed by atoms with Gasteiger partial charge >= 0.3 is 0 Å². The first-order valence-corrected chi connectivity index (χ1v) is 9.10. The molecule has 0 aliphatic carbocycles. The molecule has 2 aromatic rings. The van der Waals surface area contributed by atoms with Crippen LogP contribution in [0.5, 0.6) is 5.75 Å². The van der Waals surface area contributed by atoms with Gasteiger partial charge in [-0.25, -0.2) is 0 Å². The van der Waals surface area contributed by atoms with Gasteiger partial charge in [-0.2, -0.15) is 0 Å². The molecule has 1 aliphatic heterocycles. The second kappa shape index (κ2) is 8.64. The third-order valence-corrected chi connectivity index (χ3v) is 4.79. The van der Waals surface area contributed by atoms with E-state index in [2.05, 4.69) is 12.1 Å². The van der Waals surface area contributed by atoms with Crippen molar-refractivity contribution in [2.45, 2.75) is 19.6 Å². The van der Waals surface area contributed by atoms with Gasteiger partial charge < -0.3 is 14.5 Å². The Bertz CT molecular complexity index is 772. The quantitative estimate of drug-likeness (QED) is 0.614. The van der Waals surface area contributed by atoms with Crippen molar-refractivity contribution in [3.05, 3.63) is 70.3 Å². The minimum absolute atomic E-state index is 0.00107. The van der Waals surface area contributed by atoms with Crippen molar-refractivity contribution >= 4 is 11.6 Å². The van der Waals surface area contributed by atoms with Crippen LogP contribution in [0.15, 0.2) is 54.6 Å². The molecular weight excluding hydrogens is 346 g/mol. The van der Waals surface area contributed by atoms with E-state index in [9.17, 15) is 14.9 Å². The largest absolute Gasteiger partial charge is 0.481 e. The van der Waals surface area contributed by atoms with Gasteiger partial charge in [-0.15, -0.1) is 0 Å². The lowest BCUT2D eigenvalue weighted by Gasteiger charge is -2.33. The molecule has 1 N–H and O–H groups in total. The summed E-state index contributed by atoms with van der Waals surface area (Å²) in [6, 6.07) is 16.2. The normalized spacial score (nSPS) is 16.0. The van der Waals surface area contributed by atoms with E-state index in [4.69, 9.17) is 4.74 Å². The Labute approximate surface area is 158 Å². The van der Waals surface area contributed by atoms with E-state index < -0.39 is 11.0 Å². The van der Waals surface area contributed by atoms with Crippen LogP contribution in [0.25, 0.3) is 0 Å². The van der Waals surface area contributed by atoms with Crippen molar-refractivity contribution < 1.29 is 19.4 Å². The maximum atomic E-state index is 12.6. The van der Waals surface area contributed by atoms with Gasteiger partial charge in [0, 0.05) is 17.7 Å². The monoisotopic (exact) mass is 370 g/mol. The third-order valence-electron chi connectivity index (χ3n) is 4.79. The van der Waals surface area contributed by atoms with Crippen molar-refractivity contribution in [3.63, 3.8) is 0 Å². The number of piperazine rings is 1. The molecule has 0 radical (unpaired) electrons. The van der Waals surface area contributed by atoms with E-state index in [-0.39, 0.29) is 11.6 Å². The number of carbonyl (C=O) groups is 1. The highest BCUT2D eigenvalue weighted by Gasteiger charge is 2.28. The van der Waals surface area contributed by atoms with Crippen molar-refractivity contribution in [2.24, 2.45) is 0 Å². The van der Waals surface area contributed by atoms with Crippen LogP contribution < -0.4 is 9.64 Å². The Hall–Kier alpha value is -2.93. The summed E-state index contributed by atoms with van der Waals surface area (Å²) >= 11 is 0. The molecule has 0 saturated carbocycles. The fourth-order valence-corrected chi connectivity index (χ4v) is 3.26. The lowest BCUT2D eigenvalue weighted by atomic mass is 10.2. The van der Waals surface area contributed by atoms with Crippen LogP contribution in [0.4, 0.5) is 5.69 Å². The number of non-ortho nitro benzene ring substituents is 1. The molecule has 0 bridgehead atoms. The summed E-state index contributed by atoms with van der Waals surface area (Å²) in [7, 11) is 0. The first kappa shape index (κ1) is 18.8. The Morgan fingerprint density at radius 3 is 2.37 bits per heavy atom. The predicted octanol–water partition coefficient (Wildman–Crippen LogP) is 1.29. The molecule has 1 fully saturated rings. The molecule has 1 saturated heterocycles. The Balaban J connectivity index is 1.48. The average Bonchev–Trinajstić information content (AvgIpc) is 2.69. The highest BCUT2D eigenvalue weighted by molar-refractivity contribution is 5.81. The van der Waals surface area contributed by atoms with Gasteiger partial charge in [-0.1, -0.05) is 30.3 Å². The number of benzene rings is 2. The summed E-state index contributed by atoms with van der Waals surface area (Å²) in [6.07, 6.45) is -0.623. The number of ether oxygens (including phenoxy) is 1. The first-order chi connectivity index (χ1) is 13.0. The lowest BCUT2D eigenvalue weighted by molar-refractivity contribution is -0.917. The van der Waals surface area contributed by atoms with Crippen molar-refractivity contribution in [1.82, 2.24) is 4.90 Å². The molecule has 27 heavy (non-hydrogen) atoms. The van der Waals surface area contributed by atoms with E-state index >= 15 is 0 Å². The van der Waals surface area contributed by atoms with E-state index in [1.807, 2.05) is 23.1 Å². The predicted molar refractivity (Wildman–Crippen MR) is 101 cm³/mol. The number of rotatable bonds is 6. The number of nitro groups is 1. The number of hydrogen-bond donors (Lipinski definition) is 1. The summed E-state index contributed by atoms with van der Waals surface area (Å²) in [5.41, 5.74) is 1.31. The van der Waals surface area contributed by atoms with Gasteiger partial charge in [0.1, 0.15) is 12.3 Å². The number of nitrogens with zero attached hydrogens (tertiary/aromatic N) is 2.